The SMILES string of the molecule is CCOC(=O)c1c(NC(=O)CCCS(=O)(=O)c2nc(-c3ccc(OC)c(OC)c3)cc(C(F)(F)F)n2)sc2c1CCC(C)C2. The van der Waals surface area contributed by atoms with Crippen LogP contribution in [0.15, 0.2) is 29.4 Å². The number of benzene rings is 1. The maximum atomic E-state index is 13.7. The molecule has 2 heterocycles. The van der Waals surface area contributed by atoms with Crippen LogP contribution in [0.2, 0.25) is 0 Å². The molecule has 0 saturated heterocycles. The number of fused-ring (bicyclic) bond motifs is 1. The van der Waals surface area contributed by atoms with Crippen molar-refractivity contribution in [3.8, 4) is 22.8 Å². The average Bonchev–Trinajstić information content (AvgIpc) is 3.32. The van der Waals surface area contributed by atoms with Crippen LogP contribution >= 0.6 is 11.3 Å². The summed E-state index contributed by atoms with van der Waals surface area (Å²) in [6.45, 7) is 3.95. The number of alkyl halides is 3. The molecule has 0 fully saturated rings. The Kier molecular flexibility index (Phi) is 10.2. The van der Waals surface area contributed by atoms with E-state index >= 15 is 0 Å². The Morgan fingerprint density at radius 1 is 1.11 bits per heavy atom. The van der Waals surface area contributed by atoms with Crippen LogP contribution in [0.3, 0.4) is 0 Å². The molecule has 0 radical (unpaired) electrons. The summed E-state index contributed by atoms with van der Waals surface area (Å²) < 4.78 is 82.9. The normalized spacial score (nSPS) is 14.9. The van der Waals surface area contributed by atoms with Gasteiger partial charge in [-0.05, 0) is 68.4 Å². The van der Waals surface area contributed by atoms with Gasteiger partial charge in [-0.1, -0.05) is 6.92 Å². The zero-order valence-electron chi connectivity index (χ0n) is 24.5. The van der Waals surface area contributed by atoms with Crippen molar-refractivity contribution in [2.75, 3.05) is 31.9 Å². The van der Waals surface area contributed by atoms with Crippen molar-refractivity contribution in [3.63, 3.8) is 0 Å². The van der Waals surface area contributed by atoms with E-state index in [0.717, 1.165) is 23.3 Å². The maximum absolute atomic E-state index is 13.7. The first kappa shape index (κ1) is 33.2. The highest BCUT2D eigenvalue weighted by Gasteiger charge is 2.36. The van der Waals surface area contributed by atoms with E-state index in [1.165, 1.54) is 43.8 Å². The first-order chi connectivity index (χ1) is 20.8. The third kappa shape index (κ3) is 7.49. The van der Waals surface area contributed by atoms with E-state index in [1.54, 1.807) is 6.92 Å². The minimum Gasteiger partial charge on any atom is -0.493 e. The van der Waals surface area contributed by atoms with Crippen molar-refractivity contribution < 1.29 is 45.4 Å². The first-order valence-corrected chi connectivity index (χ1v) is 16.3. The molecule has 44 heavy (non-hydrogen) atoms. The fourth-order valence-electron chi connectivity index (χ4n) is 4.81. The summed E-state index contributed by atoms with van der Waals surface area (Å²) in [5.74, 6) is -0.817. The molecule has 1 amide bonds. The van der Waals surface area contributed by atoms with Crippen molar-refractivity contribution >= 4 is 38.1 Å². The number of methoxy groups -OCH3 is 2. The highest BCUT2D eigenvalue weighted by Crippen LogP contribution is 2.40. The molecule has 2 aromatic heterocycles. The number of anilines is 1. The smallest absolute Gasteiger partial charge is 0.433 e. The summed E-state index contributed by atoms with van der Waals surface area (Å²) in [5.41, 5.74) is -0.392. The Morgan fingerprint density at radius 2 is 1.84 bits per heavy atom. The lowest BCUT2D eigenvalue weighted by molar-refractivity contribution is -0.141. The number of nitrogens with zero attached hydrogens (tertiary/aromatic N) is 2. The average molecular weight is 656 g/mol. The molecule has 15 heteroatoms. The van der Waals surface area contributed by atoms with Gasteiger partial charge in [-0.2, -0.15) is 13.2 Å². The van der Waals surface area contributed by atoms with Gasteiger partial charge in [0.25, 0.3) is 0 Å². The van der Waals surface area contributed by atoms with E-state index < -0.39 is 44.5 Å². The van der Waals surface area contributed by atoms with Gasteiger partial charge >= 0.3 is 12.1 Å². The van der Waals surface area contributed by atoms with Gasteiger partial charge in [0.05, 0.1) is 37.8 Å². The van der Waals surface area contributed by atoms with Crippen LogP contribution in [0, 0.1) is 5.92 Å². The third-order valence-electron chi connectivity index (χ3n) is 7.01. The third-order valence-corrected chi connectivity index (χ3v) is 9.75. The Bertz CT molecular complexity index is 1660. The highest BCUT2D eigenvalue weighted by molar-refractivity contribution is 7.91. The van der Waals surface area contributed by atoms with Crippen LogP contribution in [0.4, 0.5) is 18.2 Å². The number of hydrogen-bond acceptors (Lipinski definition) is 10. The maximum Gasteiger partial charge on any atom is 0.433 e. The molecule has 238 valence electrons. The van der Waals surface area contributed by atoms with Crippen LogP contribution in [0.5, 0.6) is 11.5 Å². The summed E-state index contributed by atoms with van der Waals surface area (Å²) in [6, 6.07) is 4.89. The molecule has 1 atom stereocenters. The largest absolute Gasteiger partial charge is 0.493 e. The molecule has 0 bridgehead atoms. The number of carbonyl (C=O) groups excluding carboxylic acids is 2. The molecule has 10 nitrogen and oxygen atoms in total. The van der Waals surface area contributed by atoms with Crippen molar-refractivity contribution in [3.05, 3.63) is 46.0 Å². The number of halogens is 3. The van der Waals surface area contributed by atoms with Gasteiger partial charge in [0, 0.05) is 16.9 Å². The number of hydrogen-bond donors (Lipinski definition) is 1. The van der Waals surface area contributed by atoms with Crippen molar-refractivity contribution in [1.29, 1.82) is 0 Å². The predicted molar refractivity (Wildman–Crippen MR) is 157 cm³/mol. The van der Waals surface area contributed by atoms with Crippen LogP contribution in [-0.2, 0) is 38.4 Å². The molecule has 0 spiro atoms. The zero-order valence-corrected chi connectivity index (χ0v) is 26.2. The van der Waals surface area contributed by atoms with E-state index in [4.69, 9.17) is 14.2 Å². The minimum atomic E-state index is -4.95. The van der Waals surface area contributed by atoms with E-state index in [2.05, 4.69) is 22.2 Å². The molecule has 0 aliphatic heterocycles. The van der Waals surface area contributed by atoms with Gasteiger partial charge in [0.1, 0.15) is 10.7 Å². The first-order valence-electron chi connectivity index (χ1n) is 13.8. The quantitative estimate of drug-likeness (QED) is 0.203. The number of nitrogens with one attached hydrogen (secondary N) is 1. The molecule has 0 saturated carbocycles. The molecule has 3 aromatic rings. The van der Waals surface area contributed by atoms with Crippen LogP contribution in [0.1, 0.15) is 59.6 Å². The lowest BCUT2D eigenvalue weighted by Crippen LogP contribution is -2.19. The number of esters is 1. The molecule has 1 N–H and O–H groups in total. The number of carbonyl (C=O) groups is 2. The van der Waals surface area contributed by atoms with E-state index in [9.17, 15) is 31.2 Å². The Hall–Kier alpha value is -3.72. The molecule has 1 aliphatic carbocycles. The number of amides is 1. The monoisotopic (exact) mass is 655 g/mol. The number of rotatable bonds is 11. The molecular weight excluding hydrogens is 623 g/mol. The van der Waals surface area contributed by atoms with Crippen LogP contribution < -0.4 is 14.8 Å². The second-order valence-corrected chi connectivity index (χ2v) is 13.3. The van der Waals surface area contributed by atoms with Crippen LogP contribution in [0.25, 0.3) is 11.3 Å². The Labute approximate surface area is 256 Å². The molecule has 1 aromatic carbocycles. The second-order valence-electron chi connectivity index (χ2n) is 10.2. The summed E-state index contributed by atoms with van der Waals surface area (Å²) in [4.78, 5) is 33.8. The lowest BCUT2D eigenvalue weighted by atomic mass is 9.88. The summed E-state index contributed by atoms with van der Waals surface area (Å²) in [6.07, 6.45) is -3.11. The number of thiophene rings is 1. The van der Waals surface area contributed by atoms with Gasteiger partial charge in [-0.3, -0.25) is 4.79 Å². The summed E-state index contributed by atoms with van der Waals surface area (Å²) in [5, 5.41) is 2.04. The molecule has 1 aliphatic rings. The summed E-state index contributed by atoms with van der Waals surface area (Å²) in [7, 11) is -1.70. The summed E-state index contributed by atoms with van der Waals surface area (Å²) >= 11 is 1.30. The zero-order chi connectivity index (χ0) is 32.2. The van der Waals surface area contributed by atoms with E-state index in [0.29, 0.717) is 34.7 Å². The van der Waals surface area contributed by atoms with Crippen molar-refractivity contribution in [2.24, 2.45) is 5.92 Å². The topological polar surface area (TPSA) is 134 Å². The fraction of sp³-hybridized carbons (Fsp3) is 0.448. The van der Waals surface area contributed by atoms with E-state index in [-0.39, 0.29) is 36.5 Å². The van der Waals surface area contributed by atoms with Crippen molar-refractivity contribution in [1.82, 2.24) is 9.97 Å². The minimum absolute atomic E-state index is 0.150. The van der Waals surface area contributed by atoms with Gasteiger partial charge < -0.3 is 19.5 Å². The molecule has 1 unspecified atom stereocenters. The second kappa shape index (κ2) is 13.5. The van der Waals surface area contributed by atoms with Crippen molar-refractivity contribution in [2.45, 2.75) is 57.3 Å². The van der Waals surface area contributed by atoms with E-state index in [1.807, 2.05) is 0 Å². The number of ether oxygens (including phenoxy) is 3. The lowest BCUT2D eigenvalue weighted by Gasteiger charge is -2.18. The standard InChI is InChI=1S/C29H32F3N3O7S2/c1-5-42-27(37)25-18-10-8-16(2)13-22(18)43-26(25)35-24(36)7-6-12-44(38,39)28-33-19(15-23(34-28)29(30,31)32)17-9-11-20(40-3)21(14-17)41-4/h9,11,14-16H,5-8,10,12-13H2,1-4H3,(H,35,36). The predicted octanol–water partition coefficient (Wildman–Crippen LogP) is 5.74. The number of sulfone groups is 1. The molecule has 4 rings (SSSR count). The Morgan fingerprint density at radius 3 is 2.50 bits per heavy atom. The highest BCUT2D eigenvalue weighted by atomic mass is 32.2. The molecular formula is C29H32F3N3O7S2. The van der Waals surface area contributed by atoms with Gasteiger partial charge in [0.2, 0.25) is 20.9 Å². The van der Waals surface area contributed by atoms with Crippen LogP contribution in [-0.4, -0.2) is 56.8 Å². The fourth-order valence-corrected chi connectivity index (χ4v) is 7.41. The Balaban J connectivity index is 1.53. The van der Waals surface area contributed by atoms with Gasteiger partial charge in [-0.25, -0.2) is 23.2 Å². The van der Waals surface area contributed by atoms with Gasteiger partial charge in [0.15, 0.2) is 11.5 Å². The number of aromatic nitrogens is 2. The van der Waals surface area contributed by atoms with Gasteiger partial charge in [-0.15, -0.1) is 11.3 Å².